The van der Waals surface area contributed by atoms with Gasteiger partial charge in [-0.1, -0.05) is 38.1 Å². The van der Waals surface area contributed by atoms with E-state index in [9.17, 15) is 9.59 Å². The molecule has 0 bridgehead atoms. The molecule has 0 aliphatic carbocycles. The van der Waals surface area contributed by atoms with E-state index in [2.05, 4.69) is 15.6 Å². The van der Waals surface area contributed by atoms with Crippen LogP contribution in [0.15, 0.2) is 36.4 Å². The van der Waals surface area contributed by atoms with Crippen molar-refractivity contribution >= 4 is 22.9 Å². The number of ether oxygens (including phenoxy) is 1. The first kappa shape index (κ1) is 20.7. The molecule has 2 N–H and O–H groups in total. The average molecular weight is 371 g/mol. The van der Waals surface area contributed by atoms with Crippen molar-refractivity contribution < 1.29 is 14.3 Å². The Labute approximate surface area is 160 Å². The zero-order chi connectivity index (χ0) is 20.2. The van der Waals surface area contributed by atoms with Gasteiger partial charge in [0.05, 0.1) is 11.1 Å². The molecule has 1 aromatic heterocycles. The van der Waals surface area contributed by atoms with Crippen molar-refractivity contribution in [2.45, 2.75) is 52.7 Å². The summed E-state index contributed by atoms with van der Waals surface area (Å²) in [6, 6.07) is 11.2. The second-order valence-electron chi connectivity index (χ2n) is 8.27. The summed E-state index contributed by atoms with van der Waals surface area (Å²) in [5.41, 5.74) is -0.112. The summed E-state index contributed by atoms with van der Waals surface area (Å²) in [6.45, 7) is 11.5. The summed E-state index contributed by atoms with van der Waals surface area (Å²) in [5.74, 6) is -0.195. The number of carbonyl (C=O) groups is 2. The van der Waals surface area contributed by atoms with Crippen LogP contribution in [0, 0.1) is 5.92 Å². The minimum atomic E-state index is -0.651. The van der Waals surface area contributed by atoms with Gasteiger partial charge in [-0.05, 0) is 45.7 Å². The Morgan fingerprint density at radius 3 is 2.37 bits per heavy atom. The molecule has 1 heterocycles. The number of hydrogen-bond acceptors (Lipinski definition) is 4. The zero-order valence-electron chi connectivity index (χ0n) is 16.9. The Morgan fingerprint density at radius 1 is 1.07 bits per heavy atom. The van der Waals surface area contributed by atoms with Crippen LogP contribution in [0.5, 0.6) is 0 Å². The number of rotatable bonds is 5. The molecule has 0 saturated heterocycles. The highest BCUT2D eigenvalue weighted by Gasteiger charge is 2.32. The van der Waals surface area contributed by atoms with Gasteiger partial charge < -0.3 is 15.4 Å². The number of benzene rings is 1. The molecule has 6 nitrogen and oxygen atoms in total. The maximum Gasteiger partial charge on any atom is 0.407 e. The Balaban J connectivity index is 2.10. The van der Waals surface area contributed by atoms with Crippen LogP contribution >= 0.6 is 0 Å². The average Bonchev–Trinajstić information content (AvgIpc) is 2.58. The molecule has 2 amide bonds. The van der Waals surface area contributed by atoms with E-state index in [1.165, 1.54) is 0 Å². The van der Waals surface area contributed by atoms with E-state index >= 15 is 0 Å². The van der Waals surface area contributed by atoms with Gasteiger partial charge in [0.15, 0.2) is 0 Å². The largest absolute Gasteiger partial charge is 0.444 e. The predicted molar refractivity (Wildman–Crippen MR) is 107 cm³/mol. The third-order valence-electron chi connectivity index (χ3n) is 4.50. The standard InChI is InChI=1S/C21H29N3O3/c1-14(2)21(6,13-22-19(26)27-20(3,4)5)24-18(25)17-12-11-15-9-7-8-10-16(15)23-17/h7-12,14H,13H2,1-6H3,(H,22,26)(H,24,25). The number of nitrogens with one attached hydrogen (secondary N) is 2. The maximum absolute atomic E-state index is 12.8. The number of aromatic nitrogens is 1. The third kappa shape index (κ3) is 5.67. The molecule has 0 aliphatic heterocycles. The molecule has 146 valence electrons. The van der Waals surface area contributed by atoms with Gasteiger partial charge >= 0.3 is 6.09 Å². The van der Waals surface area contributed by atoms with Gasteiger partial charge in [0.25, 0.3) is 5.91 Å². The van der Waals surface area contributed by atoms with Gasteiger partial charge in [-0.15, -0.1) is 0 Å². The molecule has 0 radical (unpaired) electrons. The Bertz CT molecular complexity index is 827. The highest BCUT2D eigenvalue weighted by molar-refractivity contribution is 5.95. The lowest BCUT2D eigenvalue weighted by Crippen LogP contribution is -2.57. The van der Waals surface area contributed by atoms with Crippen molar-refractivity contribution in [3.8, 4) is 0 Å². The molecular weight excluding hydrogens is 342 g/mol. The lowest BCUT2D eigenvalue weighted by Gasteiger charge is -2.35. The second-order valence-corrected chi connectivity index (χ2v) is 8.27. The van der Waals surface area contributed by atoms with Gasteiger partial charge in [0.1, 0.15) is 11.3 Å². The summed E-state index contributed by atoms with van der Waals surface area (Å²) >= 11 is 0. The molecule has 27 heavy (non-hydrogen) atoms. The molecule has 2 aromatic rings. The van der Waals surface area contributed by atoms with E-state index in [0.29, 0.717) is 5.69 Å². The van der Waals surface area contributed by atoms with Crippen LogP contribution in [0.4, 0.5) is 4.79 Å². The summed E-state index contributed by atoms with van der Waals surface area (Å²) in [7, 11) is 0. The van der Waals surface area contributed by atoms with Crippen LogP contribution in [0.25, 0.3) is 10.9 Å². The molecule has 1 unspecified atom stereocenters. The van der Waals surface area contributed by atoms with Crippen LogP contribution in [0.3, 0.4) is 0 Å². The molecule has 2 rings (SSSR count). The van der Waals surface area contributed by atoms with Crippen molar-refractivity contribution in [1.29, 1.82) is 0 Å². The smallest absolute Gasteiger partial charge is 0.407 e. The molecule has 0 spiro atoms. The van der Waals surface area contributed by atoms with Gasteiger partial charge in [-0.2, -0.15) is 0 Å². The lowest BCUT2D eigenvalue weighted by atomic mass is 9.88. The van der Waals surface area contributed by atoms with Crippen LogP contribution in [0.2, 0.25) is 0 Å². The highest BCUT2D eigenvalue weighted by Crippen LogP contribution is 2.18. The quantitative estimate of drug-likeness (QED) is 0.835. The molecule has 0 aliphatic rings. The number of para-hydroxylation sites is 1. The summed E-state index contributed by atoms with van der Waals surface area (Å²) < 4.78 is 5.28. The first-order valence-electron chi connectivity index (χ1n) is 9.15. The normalized spacial score (nSPS) is 13.9. The number of nitrogens with zero attached hydrogens (tertiary/aromatic N) is 1. The van der Waals surface area contributed by atoms with Crippen molar-refractivity contribution in [2.24, 2.45) is 5.92 Å². The first-order valence-corrected chi connectivity index (χ1v) is 9.15. The summed E-state index contributed by atoms with van der Waals surface area (Å²) in [4.78, 5) is 29.2. The molecular formula is C21H29N3O3. The molecule has 1 aromatic carbocycles. The predicted octanol–water partition coefficient (Wildman–Crippen LogP) is 3.90. The number of hydrogen-bond donors (Lipinski definition) is 2. The van der Waals surface area contributed by atoms with Gasteiger partial charge in [0.2, 0.25) is 0 Å². The lowest BCUT2D eigenvalue weighted by molar-refractivity contribution is 0.0497. The molecule has 6 heteroatoms. The van der Waals surface area contributed by atoms with Crippen molar-refractivity contribution in [1.82, 2.24) is 15.6 Å². The monoisotopic (exact) mass is 371 g/mol. The molecule has 0 saturated carbocycles. The van der Waals surface area contributed by atoms with Gasteiger partial charge in [-0.3, -0.25) is 4.79 Å². The molecule has 0 fully saturated rings. The topological polar surface area (TPSA) is 80.3 Å². The Kier molecular flexibility index (Phi) is 6.08. The number of fused-ring (bicyclic) bond motifs is 1. The minimum absolute atomic E-state index is 0.0804. The number of pyridine rings is 1. The van der Waals surface area contributed by atoms with Crippen LogP contribution in [0.1, 0.15) is 52.0 Å². The SMILES string of the molecule is CC(C)C(C)(CNC(=O)OC(C)(C)C)NC(=O)c1ccc2ccccc2n1. The van der Waals surface area contributed by atoms with Crippen molar-refractivity contribution in [3.63, 3.8) is 0 Å². The molecule has 1 atom stereocenters. The fourth-order valence-corrected chi connectivity index (χ4v) is 2.48. The summed E-state index contributed by atoms with van der Waals surface area (Å²) in [5, 5.41) is 6.75. The van der Waals surface area contributed by atoms with E-state index in [-0.39, 0.29) is 18.4 Å². The zero-order valence-corrected chi connectivity index (χ0v) is 16.9. The van der Waals surface area contributed by atoms with E-state index in [1.54, 1.807) is 26.8 Å². The second kappa shape index (κ2) is 7.94. The van der Waals surface area contributed by atoms with Crippen molar-refractivity contribution in [2.75, 3.05) is 6.54 Å². The maximum atomic E-state index is 12.8. The van der Waals surface area contributed by atoms with E-state index in [0.717, 1.165) is 10.9 Å². The van der Waals surface area contributed by atoms with Crippen LogP contribution in [-0.2, 0) is 4.74 Å². The van der Waals surface area contributed by atoms with Crippen molar-refractivity contribution in [3.05, 3.63) is 42.1 Å². The van der Waals surface area contributed by atoms with E-state index < -0.39 is 17.2 Å². The minimum Gasteiger partial charge on any atom is -0.444 e. The first-order chi connectivity index (χ1) is 12.5. The van der Waals surface area contributed by atoms with Crippen LogP contribution in [-0.4, -0.2) is 34.7 Å². The fourth-order valence-electron chi connectivity index (χ4n) is 2.48. The number of alkyl carbamates (subject to hydrolysis) is 1. The number of carbonyl (C=O) groups excluding carboxylic acids is 2. The fraction of sp³-hybridized carbons (Fsp3) is 0.476. The van der Waals surface area contributed by atoms with E-state index in [4.69, 9.17) is 4.74 Å². The Hall–Kier alpha value is -2.63. The van der Waals surface area contributed by atoms with E-state index in [1.807, 2.05) is 51.1 Å². The van der Waals surface area contributed by atoms with Crippen LogP contribution < -0.4 is 10.6 Å². The number of amides is 2. The summed E-state index contributed by atoms with van der Waals surface area (Å²) in [6.07, 6.45) is -0.507. The van der Waals surface area contributed by atoms with Gasteiger partial charge in [0, 0.05) is 11.9 Å². The highest BCUT2D eigenvalue weighted by atomic mass is 16.6. The Morgan fingerprint density at radius 2 is 1.74 bits per heavy atom. The van der Waals surface area contributed by atoms with Gasteiger partial charge in [-0.25, -0.2) is 9.78 Å². The third-order valence-corrected chi connectivity index (χ3v) is 4.50.